The Morgan fingerprint density at radius 3 is 2.59 bits per heavy atom. The third-order valence-corrected chi connectivity index (χ3v) is 6.61. The Morgan fingerprint density at radius 1 is 1.19 bits per heavy atom. The fraction of sp³-hybridized carbons (Fsp3) is 0.350. The molecular formula is C20H23BrN2O3S. The van der Waals surface area contributed by atoms with Crippen LogP contribution >= 0.6 is 15.9 Å². The number of fused-ring (bicyclic) bond motifs is 1. The number of aryl methyl sites for hydroxylation is 2. The zero-order valence-corrected chi connectivity index (χ0v) is 17.8. The van der Waals surface area contributed by atoms with Crippen LogP contribution in [0.15, 0.2) is 46.9 Å². The maximum Gasteiger partial charge on any atom is 0.241 e. The Morgan fingerprint density at radius 2 is 1.89 bits per heavy atom. The van der Waals surface area contributed by atoms with Gasteiger partial charge in [-0.05, 0) is 70.9 Å². The fourth-order valence-corrected chi connectivity index (χ4v) is 4.88. The van der Waals surface area contributed by atoms with Crippen LogP contribution in [-0.2, 0) is 27.7 Å². The minimum absolute atomic E-state index is 0.191. The number of hydrogen-bond acceptors (Lipinski definition) is 3. The number of amides is 1. The summed E-state index contributed by atoms with van der Waals surface area (Å²) >= 11 is 3.36. The maximum absolute atomic E-state index is 12.6. The first-order valence-electron chi connectivity index (χ1n) is 8.89. The molecule has 1 aliphatic rings. The predicted molar refractivity (Wildman–Crippen MR) is 111 cm³/mol. The van der Waals surface area contributed by atoms with Crippen molar-refractivity contribution in [3.05, 3.63) is 63.6 Å². The molecule has 2 aromatic rings. The zero-order chi connectivity index (χ0) is 19.6. The zero-order valence-electron chi connectivity index (χ0n) is 15.4. The van der Waals surface area contributed by atoms with Crippen LogP contribution in [0.25, 0.3) is 0 Å². The van der Waals surface area contributed by atoms with Gasteiger partial charge in [0.15, 0.2) is 0 Å². The topological polar surface area (TPSA) is 66.5 Å². The maximum atomic E-state index is 12.6. The molecule has 0 aliphatic heterocycles. The van der Waals surface area contributed by atoms with Gasteiger partial charge in [-0.2, -0.15) is 0 Å². The van der Waals surface area contributed by atoms with Crippen molar-refractivity contribution < 1.29 is 13.2 Å². The number of benzene rings is 2. The van der Waals surface area contributed by atoms with E-state index in [0.717, 1.165) is 29.0 Å². The SMILES string of the molecule is C[C@H](NC(=O)CN(c1ccccc1Br)S(C)(=O)=O)c1ccc2c(c1)CCC2. The molecule has 1 atom stereocenters. The average Bonchev–Trinajstić information content (AvgIpc) is 3.07. The van der Waals surface area contributed by atoms with E-state index in [1.807, 2.05) is 13.0 Å². The van der Waals surface area contributed by atoms with Gasteiger partial charge < -0.3 is 5.32 Å². The van der Waals surface area contributed by atoms with E-state index in [-0.39, 0.29) is 18.5 Å². The van der Waals surface area contributed by atoms with Crippen LogP contribution in [0.3, 0.4) is 0 Å². The van der Waals surface area contributed by atoms with Crippen LogP contribution in [0.1, 0.15) is 36.1 Å². The van der Waals surface area contributed by atoms with Gasteiger partial charge in [0.05, 0.1) is 18.0 Å². The summed E-state index contributed by atoms with van der Waals surface area (Å²) in [7, 11) is -3.60. The van der Waals surface area contributed by atoms with Crippen molar-refractivity contribution in [3.8, 4) is 0 Å². The average molecular weight is 451 g/mol. The van der Waals surface area contributed by atoms with E-state index in [1.54, 1.807) is 24.3 Å². The second-order valence-corrected chi connectivity index (χ2v) is 9.65. The van der Waals surface area contributed by atoms with Crippen molar-refractivity contribution in [3.63, 3.8) is 0 Å². The summed E-state index contributed by atoms with van der Waals surface area (Å²) in [5, 5.41) is 2.92. The molecule has 144 valence electrons. The highest BCUT2D eigenvalue weighted by Crippen LogP contribution is 2.28. The molecule has 0 saturated carbocycles. The van der Waals surface area contributed by atoms with Crippen LogP contribution in [0.4, 0.5) is 5.69 Å². The van der Waals surface area contributed by atoms with E-state index in [9.17, 15) is 13.2 Å². The molecule has 0 spiro atoms. The molecule has 1 aliphatic carbocycles. The summed E-state index contributed by atoms with van der Waals surface area (Å²) in [6, 6.07) is 13.1. The minimum Gasteiger partial charge on any atom is -0.348 e. The Labute approximate surface area is 169 Å². The monoisotopic (exact) mass is 450 g/mol. The van der Waals surface area contributed by atoms with Gasteiger partial charge in [-0.3, -0.25) is 9.10 Å². The molecule has 3 rings (SSSR count). The summed E-state index contributed by atoms with van der Waals surface area (Å²) in [5.74, 6) is -0.343. The molecule has 0 heterocycles. The third-order valence-electron chi connectivity index (χ3n) is 4.81. The van der Waals surface area contributed by atoms with Gasteiger partial charge in [-0.15, -0.1) is 0 Å². The summed E-state index contributed by atoms with van der Waals surface area (Å²) in [5.41, 5.74) is 4.21. The van der Waals surface area contributed by atoms with Gasteiger partial charge in [0.1, 0.15) is 6.54 Å². The van der Waals surface area contributed by atoms with E-state index in [1.165, 1.54) is 17.5 Å². The summed E-state index contributed by atoms with van der Waals surface area (Å²) in [6.45, 7) is 1.65. The smallest absolute Gasteiger partial charge is 0.241 e. The predicted octanol–water partition coefficient (Wildman–Crippen LogP) is 3.58. The highest BCUT2D eigenvalue weighted by molar-refractivity contribution is 9.10. The Balaban J connectivity index is 1.74. The van der Waals surface area contributed by atoms with Crippen LogP contribution in [0.2, 0.25) is 0 Å². The van der Waals surface area contributed by atoms with E-state index in [4.69, 9.17) is 0 Å². The second kappa shape index (κ2) is 8.02. The lowest BCUT2D eigenvalue weighted by atomic mass is 10.0. The number of carbonyl (C=O) groups is 1. The van der Waals surface area contributed by atoms with Crippen molar-refractivity contribution in [2.45, 2.75) is 32.2 Å². The van der Waals surface area contributed by atoms with Crippen molar-refractivity contribution in [1.29, 1.82) is 0 Å². The summed E-state index contributed by atoms with van der Waals surface area (Å²) < 4.78 is 26.2. The first-order valence-corrected chi connectivity index (χ1v) is 11.5. The standard InChI is InChI=1S/C20H23BrN2O3S/c1-14(16-11-10-15-6-5-7-17(15)12-16)22-20(24)13-23(27(2,25)26)19-9-4-3-8-18(19)21/h3-4,8-12,14H,5-7,13H2,1-2H3,(H,22,24)/t14-/m0/s1. The lowest BCUT2D eigenvalue weighted by Crippen LogP contribution is -2.41. The molecule has 0 radical (unpaired) electrons. The Bertz CT molecular complexity index is 959. The van der Waals surface area contributed by atoms with Crippen molar-refractivity contribution >= 4 is 37.5 Å². The molecule has 2 aromatic carbocycles. The normalized spacial score (nSPS) is 14.5. The lowest BCUT2D eigenvalue weighted by Gasteiger charge is -2.24. The first-order chi connectivity index (χ1) is 12.8. The van der Waals surface area contributed by atoms with E-state index in [0.29, 0.717) is 10.2 Å². The number of halogens is 1. The van der Waals surface area contributed by atoms with E-state index >= 15 is 0 Å². The summed E-state index contributed by atoms with van der Waals surface area (Å²) in [6.07, 6.45) is 4.47. The van der Waals surface area contributed by atoms with Gasteiger partial charge in [0.25, 0.3) is 0 Å². The molecule has 5 nitrogen and oxygen atoms in total. The molecular weight excluding hydrogens is 428 g/mol. The number of para-hydroxylation sites is 1. The van der Waals surface area contributed by atoms with Crippen LogP contribution in [0.5, 0.6) is 0 Å². The number of rotatable bonds is 6. The van der Waals surface area contributed by atoms with E-state index < -0.39 is 10.0 Å². The molecule has 27 heavy (non-hydrogen) atoms. The molecule has 0 aromatic heterocycles. The number of carbonyl (C=O) groups excluding carboxylic acids is 1. The number of anilines is 1. The fourth-order valence-electron chi connectivity index (χ4n) is 3.40. The van der Waals surface area contributed by atoms with E-state index in [2.05, 4.69) is 33.4 Å². The molecule has 0 bridgehead atoms. The van der Waals surface area contributed by atoms with Gasteiger partial charge in [0.2, 0.25) is 15.9 Å². The molecule has 0 saturated heterocycles. The first kappa shape index (κ1) is 19.9. The molecule has 1 amide bonds. The second-order valence-electron chi connectivity index (χ2n) is 6.89. The van der Waals surface area contributed by atoms with Crippen molar-refractivity contribution in [1.82, 2.24) is 5.32 Å². The van der Waals surface area contributed by atoms with Crippen LogP contribution < -0.4 is 9.62 Å². The van der Waals surface area contributed by atoms with Gasteiger partial charge in [-0.1, -0.05) is 30.3 Å². The number of nitrogens with zero attached hydrogens (tertiary/aromatic N) is 1. The van der Waals surface area contributed by atoms with Crippen LogP contribution in [-0.4, -0.2) is 27.1 Å². The minimum atomic E-state index is -3.60. The number of nitrogens with one attached hydrogen (secondary N) is 1. The molecule has 1 N–H and O–H groups in total. The Hall–Kier alpha value is -1.86. The third kappa shape index (κ3) is 4.71. The Kier molecular flexibility index (Phi) is 5.91. The van der Waals surface area contributed by atoms with Gasteiger partial charge in [-0.25, -0.2) is 8.42 Å². The molecule has 0 unspecified atom stereocenters. The van der Waals surface area contributed by atoms with Crippen molar-refractivity contribution in [2.24, 2.45) is 0 Å². The number of hydrogen-bond donors (Lipinski definition) is 1. The van der Waals surface area contributed by atoms with Crippen molar-refractivity contribution in [2.75, 3.05) is 17.1 Å². The molecule has 7 heteroatoms. The highest BCUT2D eigenvalue weighted by Gasteiger charge is 2.23. The largest absolute Gasteiger partial charge is 0.348 e. The molecule has 0 fully saturated rings. The quantitative estimate of drug-likeness (QED) is 0.730. The highest BCUT2D eigenvalue weighted by atomic mass is 79.9. The number of sulfonamides is 1. The summed E-state index contributed by atoms with van der Waals surface area (Å²) in [4.78, 5) is 12.6. The van der Waals surface area contributed by atoms with Gasteiger partial charge >= 0.3 is 0 Å². The van der Waals surface area contributed by atoms with Gasteiger partial charge in [0, 0.05) is 4.47 Å². The van der Waals surface area contributed by atoms with Crippen LogP contribution in [0, 0.1) is 0 Å². The lowest BCUT2D eigenvalue weighted by molar-refractivity contribution is -0.120.